The summed E-state index contributed by atoms with van der Waals surface area (Å²) in [6.07, 6.45) is -4.68. The lowest BCUT2D eigenvalue weighted by Crippen LogP contribution is -2.53. The molecule has 0 radical (unpaired) electrons. The minimum atomic E-state index is -4.50. The van der Waals surface area contributed by atoms with Crippen LogP contribution in [-0.2, 0) is 4.79 Å². The summed E-state index contributed by atoms with van der Waals surface area (Å²) >= 11 is 0. The molecule has 1 aliphatic rings. The zero-order chi connectivity index (χ0) is 13.1. The Morgan fingerprint density at radius 3 is 2.59 bits per heavy atom. The fourth-order valence-corrected chi connectivity index (χ4v) is 1.98. The van der Waals surface area contributed by atoms with Crippen LogP contribution in [0.1, 0.15) is 6.42 Å². The predicted molar refractivity (Wildman–Crippen MR) is 57.5 cm³/mol. The molecule has 1 fully saturated rings. The van der Waals surface area contributed by atoms with Gasteiger partial charge in [-0.25, -0.2) is 0 Å². The first-order chi connectivity index (χ1) is 7.85. The van der Waals surface area contributed by atoms with E-state index in [9.17, 15) is 18.0 Å². The largest absolute Gasteiger partial charge is 0.404 e. The van der Waals surface area contributed by atoms with E-state index in [2.05, 4.69) is 10.6 Å². The van der Waals surface area contributed by atoms with E-state index in [-0.39, 0.29) is 26.1 Å². The fraction of sp³-hybridized carbons (Fsp3) is 0.900. The number of likely N-dealkylation sites (N-methyl/N-ethyl adjacent to an activating group) is 2. The summed E-state index contributed by atoms with van der Waals surface area (Å²) in [4.78, 5) is 13.1. The van der Waals surface area contributed by atoms with Crippen molar-refractivity contribution in [2.75, 3.05) is 40.3 Å². The number of nitrogens with one attached hydrogen (secondary N) is 2. The minimum Gasteiger partial charge on any atom is -0.344 e. The Balaban J connectivity index is 2.81. The van der Waals surface area contributed by atoms with Crippen LogP contribution in [-0.4, -0.2) is 57.3 Å². The van der Waals surface area contributed by atoms with Crippen LogP contribution in [0.5, 0.6) is 0 Å². The number of halogens is 3. The molecule has 0 aliphatic carbocycles. The Kier molecular flexibility index (Phi) is 4.37. The molecule has 4 nitrogen and oxygen atoms in total. The Morgan fingerprint density at radius 1 is 1.53 bits per heavy atom. The van der Waals surface area contributed by atoms with E-state index in [1.165, 1.54) is 7.05 Å². The summed E-state index contributed by atoms with van der Waals surface area (Å²) < 4.78 is 39.1. The summed E-state index contributed by atoms with van der Waals surface area (Å²) in [5.74, 6) is -0.842. The van der Waals surface area contributed by atoms with Crippen molar-refractivity contribution in [3.8, 4) is 0 Å². The molecule has 1 aliphatic heterocycles. The van der Waals surface area contributed by atoms with Gasteiger partial charge in [0.2, 0.25) is 5.91 Å². The molecule has 7 heteroatoms. The number of amides is 1. The molecule has 1 atom stereocenters. The summed E-state index contributed by atoms with van der Waals surface area (Å²) in [7, 11) is 3.10. The SMILES string of the molecule is CNCCN(C)C(=O)C1(C(F)(F)F)CCNC1. The molecule has 1 rings (SSSR count). The number of carbonyl (C=O) groups is 1. The lowest BCUT2D eigenvalue weighted by Gasteiger charge is -2.33. The number of alkyl halides is 3. The second kappa shape index (κ2) is 5.22. The summed E-state index contributed by atoms with van der Waals surface area (Å²) in [6, 6.07) is 0. The van der Waals surface area contributed by atoms with Crippen molar-refractivity contribution in [3.05, 3.63) is 0 Å². The fourth-order valence-electron chi connectivity index (χ4n) is 1.98. The molecule has 0 aromatic heterocycles. The van der Waals surface area contributed by atoms with Crippen molar-refractivity contribution < 1.29 is 18.0 Å². The van der Waals surface area contributed by atoms with Gasteiger partial charge >= 0.3 is 6.18 Å². The molecule has 1 amide bonds. The van der Waals surface area contributed by atoms with E-state index in [1.54, 1.807) is 7.05 Å². The van der Waals surface area contributed by atoms with E-state index >= 15 is 0 Å². The Morgan fingerprint density at radius 2 is 2.18 bits per heavy atom. The summed E-state index contributed by atoms with van der Waals surface area (Å²) in [6.45, 7) is 0.654. The standard InChI is InChI=1S/C10H18F3N3O/c1-14-5-6-16(2)8(17)9(10(11,12)13)3-4-15-7-9/h14-15H,3-7H2,1-2H3. The quantitative estimate of drug-likeness (QED) is 0.752. The first-order valence-electron chi connectivity index (χ1n) is 5.53. The van der Waals surface area contributed by atoms with Gasteiger partial charge in [-0.05, 0) is 20.0 Å². The zero-order valence-electron chi connectivity index (χ0n) is 10.0. The van der Waals surface area contributed by atoms with Gasteiger partial charge in [0.25, 0.3) is 0 Å². The maximum absolute atomic E-state index is 13.0. The van der Waals surface area contributed by atoms with E-state index < -0.39 is 17.5 Å². The molecule has 100 valence electrons. The van der Waals surface area contributed by atoms with Crippen LogP contribution in [0.2, 0.25) is 0 Å². The Hall–Kier alpha value is -0.820. The average Bonchev–Trinajstić information content (AvgIpc) is 2.74. The molecule has 0 bridgehead atoms. The van der Waals surface area contributed by atoms with Gasteiger partial charge in [-0.15, -0.1) is 0 Å². The summed E-state index contributed by atoms with van der Waals surface area (Å²) in [5, 5.41) is 5.43. The lowest BCUT2D eigenvalue weighted by molar-refractivity contribution is -0.221. The van der Waals surface area contributed by atoms with Crippen LogP contribution in [0.4, 0.5) is 13.2 Å². The maximum atomic E-state index is 13.0. The van der Waals surface area contributed by atoms with Crippen LogP contribution in [0.15, 0.2) is 0 Å². The van der Waals surface area contributed by atoms with Gasteiger partial charge in [0.15, 0.2) is 5.41 Å². The monoisotopic (exact) mass is 253 g/mol. The van der Waals surface area contributed by atoms with E-state index in [1.807, 2.05) is 0 Å². The van der Waals surface area contributed by atoms with Crippen LogP contribution in [0.25, 0.3) is 0 Å². The van der Waals surface area contributed by atoms with Crippen molar-refractivity contribution in [1.82, 2.24) is 15.5 Å². The van der Waals surface area contributed by atoms with Gasteiger partial charge in [0.1, 0.15) is 0 Å². The average molecular weight is 253 g/mol. The Bertz CT molecular complexity index is 274. The molecule has 17 heavy (non-hydrogen) atoms. The third-order valence-electron chi connectivity index (χ3n) is 3.15. The van der Waals surface area contributed by atoms with E-state index in [0.717, 1.165) is 4.90 Å². The van der Waals surface area contributed by atoms with E-state index in [4.69, 9.17) is 0 Å². The highest BCUT2D eigenvalue weighted by Gasteiger charge is 2.62. The van der Waals surface area contributed by atoms with Gasteiger partial charge in [0.05, 0.1) is 0 Å². The number of nitrogens with zero attached hydrogens (tertiary/aromatic N) is 1. The molecule has 0 aromatic carbocycles. The topological polar surface area (TPSA) is 44.4 Å². The zero-order valence-corrected chi connectivity index (χ0v) is 10.0. The number of hydrogen-bond acceptors (Lipinski definition) is 3. The molecule has 1 heterocycles. The van der Waals surface area contributed by atoms with Crippen LogP contribution in [0.3, 0.4) is 0 Å². The number of hydrogen-bond donors (Lipinski definition) is 2. The first kappa shape index (κ1) is 14.2. The highest BCUT2D eigenvalue weighted by molar-refractivity contribution is 5.84. The molecule has 0 spiro atoms. The van der Waals surface area contributed by atoms with Crippen molar-refractivity contribution in [1.29, 1.82) is 0 Å². The second-order valence-electron chi connectivity index (χ2n) is 4.34. The van der Waals surface area contributed by atoms with Gasteiger partial charge in [-0.1, -0.05) is 0 Å². The summed E-state index contributed by atoms with van der Waals surface area (Å²) in [5.41, 5.74) is -2.24. The van der Waals surface area contributed by atoms with Crippen molar-refractivity contribution in [2.45, 2.75) is 12.6 Å². The molecule has 0 aromatic rings. The van der Waals surface area contributed by atoms with Gasteiger partial charge in [-0.2, -0.15) is 13.2 Å². The molecule has 2 N–H and O–H groups in total. The minimum absolute atomic E-state index is 0.181. The van der Waals surface area contributed by atoms with Crippen LogP contribution < -0.4 is 10.6 Å². The molecular weight excluding hydrogens is 235 g/mol. The van der Waals surface area contributed by atoms with Gasteiger partial charge in [-0.3, -0.25) is 4.79 Å². The first-order valence-corrected chi connectivity index (χ1v) is 5.53. The lowest BCUT2D eigenvalue weighted by atomic mass is 9.84. The molecular formula is C10H18F3N3O. The van der Waals surface area contributed by atoms with Gasteiger partial charge < -0.3 is 15.5 Å². The molecule has 0 saturated carbocycles. The van der Waals surface area contributed by atoms with Crippen molar-refractivity contribution in [2.24, 2.45) is 5.41 Å². The smallest absolute Gasteiger partial charge is 0.344 e. The molecule has 1 saturated heterocycles. The Labute approximate surface area is 98.5 Å². The highest BCUT2D eigenvalue weighted by atomic mass is 19.4. The number of rotatable bonds is 4. The van der Waals surface area contributed by atoms with Crippen LogP contribution >= 0.6 is 0 Å². The third-order valence-corrected chi connectivity index (χ3v) is 3.15. The van der Waals surface area contributed by atoms with Crippen LogP contribution in [0, 0.1) is 5.41 Å². The van der Waals surface area contributed by atoms with Crippen molar-refractivity contribution in [3.63, 3.8) is 0 Å². The third kappa shape index (κ3) is 2.71. The highest BCUT2D eigenvalue weighted by Crippen LogP contribution is 2.44. The second-order valence-corrected chi connectivity index (χ2v) is 4.34. The number of carbonyl (C=O) groups excluding carboxylic acids is 1. The van der Waals surface area contributed by atoms with Crippen molar-refractivity contribution >= 4 is 5.91 Å². The maximum Gasteiger partial charge on any atom is 0.404 e. The van der Waals surface area contributed by atoms with E-state index in [0.29, 0.717) is 6.54 Å². The predicted octanol–water partition coefficient (Wildman–Crippen LogP) is 0.206. The molecule has 1 unspecified atom stereocenters. The normalized spacial score (nSPS) is 25.0. The van der Waals surface area contributed by atoms with Gasteiger partial charge in [0, 0.05) is 26.7 Å².